The summed E-state index contributed by atoms with van der Waals surface area (Å²) in [6, 6.07) is 0.897. The summed E-state index contributed by atoms with van der Waals surface area (Å²) in [5, 5.41) is 8.24. The van der Waals surface area contributed by atoms with Crippen LogP contribution in [0.15, 0.2) is 0 Å². The van der Waals surface area contributed by atoms with Crippen LogP contribution in [0.1, 0.15) is 26.2 Å². The summed E-state index contributed by atoms with van der Waals surface area (Å²) in [6.45, 7) is 2.24. The van der Waals surface area contributed by atoms with Crippen LogP contribution >= 0.6 is 0 Å². The highest BCUT2D eigenvalue weighted by Gasteiger charge is 2.16. The van der Waals surface area contributed by atoms with E-state index in [2.05, 4.69) is 0 Å². The Hall–Kier alpha value is -1.57. The van der Waals surface area contributed by atoms with Crippen LogP contribution in [0.5, 0.6) is 0 Å². The number of nitriles is 1. The van der Waals surface area contributed by atoms with E-state index in [0.29, 0.717) is 13.0 Å². The van der Waals surface area contributed by atoms with Crippen LogP contribution in [0.4, 0.5) is 4.79 Å². The van der Waals surface area contributed by atoms with Crippen LogP contribution in [0.2, 0.25) is 0 Å². The molecule has 72 valence electrons. The van der Waals surface area contributed by atoms with Gasteiger partial charge in [0.15, 0.2) is 0 Å². The normalized spacial score (nSPS) is 8.92. The lowest BCUT2D eigenvalue weighted by Gasteiger charge is -2.16. The lowest BCUT2D eigenvalue weighted by Crippen LogP contribution is -2.41. The number of hydrogen-bond donors (Lipinski definition) is 1. The van der Waals surface area contributed by atoms with Crippen molar-refractivity contribution >= 4 is 11.9 Å². The van der Waals surface area contributed by atoms with Gasteiger partial charge in [-0.1, -0.05) is 13.3 Å². The van der Waals surface area contributed by atoms with Gasteiger partial charge in [-0.25, -0.2) is 4.79 Å². The van der Waals surface area contributed by atoms with E-state index >= 15 is 0 Å². The van der Waals surface area contributed by atoms with Crippen LogP contribution in [-0.2, 0) is 4.79 Å². The number of primary amides is 1. The number of unbranched alkanes of at least 4 members (excludes halogenated alkanes) is 1. The average molecular weight is 183 g/mol. The second-order valence-electron chi connectivity index (χ2n) is 2.57. The number of urea groups is 1. The van der Waals surface area contributed by atoms with Gasteiger partial charge in [-0.3, -0.25) is 9.69 Å². The smallest absolute Gasteiger partial charge is 0.321 e. The minimum absolute atomic E-state index is 0.298. The van der Waals surface area contributed by atoms with E-state index in [4.69, 9.17) is 11.0 Å². The van der Waals surface area contributed by atoms with E-state index in [1.54, 1.807) is 6.07 Å². The summed E-state index contributed by atoms with van der Waals surface area (Å²) in [4.78, 5) is 22.7. The molecular weight excluding hydrogens is 170 g/mol. The zero-order valence-corrected chi connectivity index (χ0v) is 7.62. The number of rotatable bonds is 4. The second kappa shape index (κ2) is 6.00. The highest BCUT2D eigenvalue weighted by atomic mass is 16.2. The summed E-state index contributed by atoms with van der Waals surface area (Å²) in [7, 11) is 0. The molecule has 5 nitrogen and oxygen atoms in total. The number of carbonyl (C=O) groups excluding carboxylic acids is 2. The summed E-state index contributed by atoms with van der Waals surface area (Å²) in [6.07, 6.45) is 1.27. The van der Waals surface area contributed by atoms with Gasteiger partial charge in [0.05, 0.1) is 6.07 Å². The minimum atomic E-state index is -0.784. The predicted molar refractivity (Wildman–Crippen MR) is 46.4 cm³/mol. The molecule has 0 aliphatic rings. The molecule has 0 radical (unpaired) electrons. The van der Waals surface area contributed by atoms with Crippen molar-refractivity contribution in [1.82, 2.24) is 4.90 Å². The molecule has 0 aliphatic carbocycles. The molecule has 0 aromatic carbocycles. The molecule has 0 aromatic heterocycles. The molecule has 0 spiro atoms. The Labute approximate surface area is 77.1 Å². The summed E-state index contributed by atoms with van der Waals surface area (Å²) < 4.78 is 0. The number of amides is 3. The van der Waals surface area contributed by atoms with Gasteiger partial charge in [0, 0.05) is 6.54 Å². The first-order chi connectivity index (χ1) is 6.13. The highest BCUT2D eigenvalue weighted by Crippen LogP contribution is 1.97. The fourth-order valence-electron chi connectivity index (χ4n) is 0.837. The van der Waals surface area contributed by atoms with E-state index in [-0.39, 0.29) is 6.42 Å². The van der Waals surface area contributed by atoms with Gasteiger partial charge >= 0.3 is 6.03 Å². The third kappa shape index (κ3) is 4.11. The van der Waals surface area contributed by atoms with Gasteiger partial charge in [-0.2, -0.15) is 5.26 Å². The van der Waals surface area contributed by atoms with E-state index in [1.165, 1.54) is 0 Å². The largest absolute Gasteiger partial charge is 0.351 e. The van der Waals surface area contributed by atoms with Crippen molar-refractivity contribution in [2.24, 2.45) is 5.73 Å². The van der Waals surface area contributed by atoms with Crippen molar-refractivity contribution in [2.75, 3.05) is 6.54 Å². The van der Waals surface area contributed by atoms with Crippen molar-refractivity contribution in [3.63, 3.8) is 0 Å². The van der Waals surface area contributed by atoms with Crippen LogP contribution < -0.4 is 5.73 Å². The Kier molecular flexibility index (Phi) is 5.28. The number of carbonyl (C=O) groups is 2. The lowest BCUT2D eigenvalue weighted by molar-refractivity contribution is -0.127. The zero-order chi connectivity index (χ0) is 10.3. The molecule has 0 aromatic rings. The van der Waals surface area contributed by atoms with Crippen molar-refractivity contribution < 1.29 is 9.59 Å². The van der Waals surface area contributed by atoms with Gasteiger partial charge in [0.25, 0.3) is 0 Å². The maximum absolute atomic E-state index is 11.1. The first-order valence-electron chi connectivity index (χ1n) is 4.10. The van der Waals surface area contributed by atoms with Gasteiger partial charge < -0.3 is 5.73 Å². The Balaban J connectivity index is 4.17. The van der Waals surface area contributed by atoms with Crippen LogP contribution in [-0.4, -0.2) is 23.4 Å². The molecule has 0 aliphatic heterocycles. The first kappa shape index (κ1) is 11.4. The number of imide groups is 1. The van der Waals surface area contributed by atoms with E-state index in [9.17, 15) is 9.59 Å². The van der Waals surface area contributed by atoms with E-state index in [0.717, 1.165) is 11.3 Å². The van der Waals surface area contributed by atoms with Gasteiger partial charge in [0.1, 0.15) is 6.42 Å². The van der Waals surface area contributed by atoms with Crippen molar-refractivity contribution in [1.29, 1.82) is 5.26 Å². The molecular formula is C8H13N3O2. The number of nitrogens with two attached hydrogens (primary N) is 1. The molecule has 3 amide bonds. The number of hydrogen-bond acceptors (Lipinski definition) is 3. The van der Waals surface area contributed by atoms with Crippen molar-refractivity contribution in [2.45, 2.75) is 26.2 Å². The summed E-state index contributed by atoms with van der Waals surface area (Å²) in [5.41, 5.74) is 4.97. The molecule has 0 saturated carbocycles. The lowest BCUT2D eigenvalue weighted by atomic mass is 10.3. The fraction of sp³-hybridized carbons (Fsp3) is 0.625. The average Bonchev–Trinajstić information content (AvgIpc) is 2.05. The quantitative estimate of drug-likeness (QED) is 0.692. The Morgan fingerprint density at radius 3 is 2.54 bits per heavy atom. The molecule has 0 fully saturated rings. The maximum Gasteiger partial charge on any atom is 0.321 e. The summed E-state index contributed by atoms with van der Waals surface area (Å²) >= 11 is 0. The molecule has 0 heterocycles. The van der Waals surface area contributed by atoms with Crippen molar-refractivity contribution in [3.8, 4) is 6.07 Å². The highest BCUT2D eigenvalue weighted by molar-refractivity contribution is 5.94. The van der Waals surface area contributed by atoms with Gasteiger partial charge in [-0.15, -0.1) is 0 Å². The Morgan fingerprint density at radius 2 is 2.15 bits per heavy atom. The molecule has 0 saturated heterocycles. The molecule has 0 bridgehead atoms. The molecule has 2 N–H and O–H groups in total. The van der Waals surface area contributed by atoms with Gasteiger partial charge in [0.2, 0.25) is 5.91 Å². The molecule has 13 heavy (non-hydrogen) atoms. The van der Waals surface area contributed by atoms with E-state index < -0.39 is 11.9 Å². The Bertz CT molecular complexity index is 232. The molecule has 0 unspecified atom stereocenters. The Morgan fingerprint density at radius 1 is 1.54 bits per heavy atom. The fourth-order valence-corrected chi connectivity index (χ4v) is 0.837. The molecule has 5 heteroatoms. The second-order valence-corrected chi connectivity index (χ2v) is 2.57. The predicted octanol–water partition coefficient (Wildman–Crippen LogP) is 0.607. The minimum Gasteiger partial charge on any atom is -0.351 e. The van der Waals surface area contributed by atoms with Gasteiger partial charge in [-0.05, 0) is 6.42 Å². The maximum atomic E-state index is 11.1. The standard InChI is InChI=1S/C8H13N3O2/c1-2-3-6-11(8(10)13)7(12)4-5-9/h2-4,6H2,1H3,(H2,10,13). The van der Waals surface area contributed by atoms with Crippen LogP contribution in [0, 0.1) is 11.3 Å². The topological polar surface area (TPSA) is 87.2 Å². The third-order valence-corrected chi connectivity index (χ3v) is 1.53. The first-order valence-corrected chi connectivity index (χ1v) is 4.10. The third-order valence-electron chi connectivity index (χ3n) is 1.53. The molecule has 0 rings (SSSR count). The number of nitrogens with zero attached hydrogens (tertiary/aromatic N) is 2. The zero-order valence-electron chi connectivity index (χ0n) is 7.62. The van der Waals surface area contributed by atoms with Crippen LogP contribution in [0.25, 0.3) is 0 Å². The van der Waals surface area contributed by atoms with Crippen molar-refractivity contribution in [3.05, 3.63) is 0 Å². The summed E-state index contributed by atoms with van der Waals surface area (Å²) in [5.74, 6) is -0.525. The van der Waals surface area contributed by atoms with E-state index in [1.807, 2.05) is 6.92 Å². The van der Waals surface area contributed by atoms with Crippen LogP contribution in [0.3, 0.4) is 0 Å². The SMILES string of the molecule is CCCCN(C(N)=O)C(=O)CC#N. The monoisotopic (exact) mass is 183 g/mol. The molecule has 0 atom stereocenters.